The zero-order valence-electron chi connectivity index (χ0n) is 19.3. The van der Waals surface area contributed by atoms with Gasteiger partial charge in [0.1, 0.15) is 6.10 Å². The molecule has 3 atom stereocenters. The van der Waals surface area contributed by atoms with Crippen molar-refractivity contribution in [3.8, 4) is 0 Å². The Kier molecular flexibility index (Phi) is 8.11. The highest BCUT2D eigenvalue weighted by molar-refractivity contribution is 5.92. The number of primary amides is 1. The maximum absolute atomic E-state index is 12.6. The molecule has 0 radical (unpaired) electrons. The second-order valence-electron chi connectivity index (χ2n) is 9.42. The Morgan fingerprint density at radius 3 is 2.39 bits per heavy atom. The van der Waals surface area contributed by atoms with Crippen molar-refractivity contribution < 1.29 is 14.7 Å². The fourth-order valence-electron chi connectivity index (χ4n) is 5.51. The minimum Gasteiger partial charge on any atom is -0.384 e. The van der Waals surface area contributed by atoms with Gasteiger partial charge in [0.2, 0.25) is 5.91 Å². The first-order valence-electron chi connectivity index (χ1n) is 12.0. The highest BCUT2D eigenvalue weighted by atomic mass is 16.3. The van der Waals surface area contributed by atoms with Crippen molar-refractivity contribution in [2.24, 2.45) is 11.7 Å². The first kappa shape index (κ1) is 23.7. The summed E-state index contributed by atoms with van der Waals surface area (Å²) in [5.74, 6) is 0.399. The predicted octanol–water partition coefficient (Wildman–Crippen LogP) is 3.14. The first-order valence-corrected chi connectivity index (χ1v) is 12.0. The summed E-state index contributed by atoms with van der Waals surface area (Å²) in [5.41, 5.74) is 7.27. The standard InChI is InChI=1S/C25H39N3O3/c1-4-18(5-2)16-27(25(31)17(3)29)11-12-28-22-9-10-23(28)15-21(14-22)19-7-6-8-20(13-19)24(26)30/h6-8,13,17-18,21-23,29H,4-5,9-12,14-16H2,1-3H3,(H2,26,30)/t17-,21?,22?,23?/m1/s1. The van der Waals surface area contributed by atoms with Crippen LogP contribution in [0.25, 0.3) is 0 Å². The molecule has 0 spiro atoms. The molecule has 2 saturated heterocycles. The second kappa shape index (κ2) is 10.6. The van der Waals surface area contributed by atoms with E-state index in [9.17, 15) is 14.7 Å². The van der Waals surface area contributed by atoms with Gasteiger partial charge in [0.25, 0.3) is 5.91 Å². The first-order chi connectivity index (χ1) is 14.8. The number of benzene rings is 1. The number of carbonyl (C=O) groups excluding carboxylic acids is 2. The van der Waals surface area contributed by atoms with Crippen LogP contribution in [0.3, 0.4) is 0 Å². The molecule has 6 nitrogen and oxygen atoms in total. The summed E-state index contributed by atoms with van der Waals surface area (Å²) in [7, 11) is 0. The zero-order chi connectivity index (χ0) is 22.5. The maximum Gasteiger partial charge on any atom is 0.251 e. The molecule has 31 heavy (non-hydrogen) atoms. The molecule has 2 fully saturated rings. The SMILES string of the molecule is CCC(CC)CN(CCN1C2CCC1CC(c1cccc(C(N)=O)c1)C2)C(=O)[C@@H](C)O. The highest BCUT2D eigenvalue weighted by Crippen LogP contribution is 2.43. The lowest BCUT2D eigenvalue weighted by Crippen LogP contribution is -2.49. The van der Waals surface area contributed by atoms with E-state index in [1.165, 1.54) is 18.4 Å². The van der Waals surface area contributed by atoms with Crippen molar-refractivity contribution in [2.75, 3.05) is 19.6 Å². The van der Waals surface area contributed by atoms with Crippen molar-refractivity contribution in [3.63, 3.8) is 0 Å². The van der Waals surface area contributed by atoms with Crippen molar-refractivity contribution in [1.82, 2.24) is 9.80 Å². The number of hydrogen-bond acceptors (Lipinski definition) is 4. The lowest BCUT2D eigenvalue weighted by atomic mass is 9.84. The van der Waals surface area contributed by atoms with E-state index in [1.807, 2.05) is 17.0 Å². The van der Waals surface area contributed by atoms with Gasteiger partial charge in [0.05, 0.1) is 0 Å². The minimum atomic E-state index is -0.950. The van der Waals surface area contributed by atoms with E-state index in [0.29, 0.717) is 36.0 Å². The van der Waals surface area contributed by atoms with Gasteiger partial charge in [-0.2, -0.15) is 0 Å². The average molecular weight is 430 g/mol. The lowest BCUT2D eigenvalue weighted by Gasteiger charge is -2.40. The molecule has 0 aromatic heterocycles. The van der Waals surface area contributed by atoms with E-state index in [1.54, 1.807) is 13.0 Å². The number of aliphatic hydroxyl groups excluding tert-OH is 1. The van der Waals surface area contributed by atoms with E-state index < -0.39 is 6.10 Å². The number of amides is 2. The molecule has 2 aliphatic heterocycles. The van der Waals surface area contributed by atoms with Gasteiger partial charge in [0.15, 0.2) is 0 Å². The summed E-state index contributed by atoms with van der Waals surface area (Å²) in [6, 6.07) is 8.81. The third kappa shape index (κ3) is 5.66. The molecule has 0 aliphatic carbocycles. The van der Waals surface area contributed by atoms with E-state index in [4.69, 9.17) is 5.73 Å². The highest BCUT2D eigenvalue weighted by Gasteiger charge is 2.41. The molecule has 2 unspecified atom stereocenters. The largest absolute Gasteiger partial charge is 0.384 e. The van der Waals surface area contributed by atoms with Crippen LogP contribution in [0.2, 0.25) is 0 Å². The summed E-state index contributed by atoms with van der Waals surface area (Å²) < 4.78 is 0. The molecule has 2 aliphatic rings. The van der Waals surface area contributed by atoms with Crippen molar-refractivity contribution >= 4 is 11.8 Å². The van der Waals surface area contributed by atoms with Crippen LogP contribution in [0.5, 0.6) is 0 Å². The Morgan fingerprint density at radius 1 is 1.19 bits per heavy atom. The molecule has 0 saturated carbocycles. The second-order valence-corrected chi connectivity index (χ2v) is 9.42. The number of hydrogen-bond donors (Lipinski definition) is 2. The number of nitrogens with two attached hydrogens (primary N) is 1. The van der Waals surface area contributed by atoms with E-state index in [0.717, 1.165) is 38.8 Å². The normalized spacial score (nSPS) is 24.4. The predicted molar refractivity (Wildman–Crippen MR) is 123 cm³/mol. The monoisotopic (exact) mass is 429 g/mol. The quantitative estimate of drug-likeness (QED) is 0.598. The van der Waals surface area contributed by atoms with Gasteiger partial charge in [-0.05, 0) is 62.1 Å². The van der Waals surface area contributed by atoms with Crippen LogP contribution in [-0.2, 0) is 4.79 Å². The Labute approximate surface area is 186 Å². The van der Waals surface area contributed by atoms with Crippen molar-refractivity contribution in [2.45, 2.75) is 83.4 Å². The number of piperidine rings is 1. The Bertz CT molecular complexity index is 748. The molecule has 2 heterocycles. The molecule has 3 rings (SSSR count). The van der Waals surface area contributed by atoms with Gasteiger partial charge in [-0.15, -0.1) is 0 Å². The van der Waals surface area contributed by atoms with E-state index in [2.05, 4.69) is 24.8 Å². The summed E-state index contributed by atoms with van der Waals surface area (Å²) in [6.45, 7) is 8.16. The average Bonchev–Trinajstić information content (AvgIpc) is 3.00. The van der Waals surface area contributed by atoms with Gasteiger partial charge in [0, 0.05) is 37.3 Å². The van der Waals surface area contributed by atoms with Gasteiger partial charge in [-0.3, -0.25) is 14.5 Å². The molecular formula is C25H39N3O3. The van der Waals surface area contributed by atoms with Crippen LogP contribution in [0.4, 0.5) is 0 Å². The van der Waals surface area contributed by atoms with E-state index >= 15 is 0 Å². The molecule has 2 amide bonds. The molecule has 2 bridgehead atoms. The molecule has 1 aromatic carbocycles. The smallest absolute Gasteiger partial charge is 0.251 e. The van der Waals surface area contributed by atoms with Crippen LogP contribution < -0.4 is 5.73 Å². The number of rotatable bonds is 10. The molecule has 172 valence electrons. The van der Waals surface area contributed by atoms with E-state index in [-0.39, 0.29) is 11.8 Å². The van der Waals surface area contributed by atoms with Crippen molar-refractivity contribution in [3.05, 3.63) is 35.4 Å². The Balaban J connectivity index is 1.64. The Morgan fingerprint density at radius 2 is 1.84 bits per heavy atom. The maximum atomic E-state index is 12.6. The summed E-state index contributed by atoms with van der Waals surface area (Å²) in [4.78, 5) is 28.6. The van der Waals surface area contributed by atoms with Crippen LogP contribution in [0.15, 0.2) is 24.3 Å². The summed E-state index contributed by atoms with van der Waals surface area (Å²) >= 11 is 0. The lowest BCUT2D eigenvalue weighted by molar-refractivity contribution is -0.140. The Hall–Kier alpha value is -1.92. The van der Waals surface area contributed by atoms with Crippen LogP contribution in [0, 0.1) is 5.92 Å². The third-order valence-corrected chi connectivity index (χ3v) is 7.46. The zero-order valence-corrected chi connectivity index (χ0v) is 19.3. The van der Waals surface area contributed by atoms with Gasteiger partial charge >= 0.3 is 0 Å². The number of nitrogens with zero attached hydrogens (tertiary/aromatic N) is 2. The number of fused-ring (bicyclic) bond motifs is 2. The van der Waals surface area contributed by atoms with Gasteiger partial charge in [-0.1, -0.05) is 38.8 Å². The van der Waals surface area contributed by atoms with Gasteiger partial charge < -0.3 is 15.7 Å². The molecule has 1 aromatic rings. The topological polar surface area (TPSA) is 86.9 Å². The minimum absolute atomic E-state index is 0.155. The molecule has 6 heteroatoms. The summed E-state index contributed by atoms with van der Waals surface area (Å²) in [5, 5.41) is 9.89. The number of carbonyl (C=O) groups is 2. The fraction of sp³-hybridized carbons (Fsp3) is 0.680. The third-order valence-electron chi connectivity index (χ3n) is 7.46. The fourth-order valence-corrected chi connectivity index (χ4v) is 5.51. The summed E-state index contributed by atoms with van der Waals surface area (Å²) in [6.07, 6.45) is 5.67. The van der Waals surface area contributed by atoms with Crippen LogP contribution >= 0.6 is 0 Å². The molecular weight excluding hydrogens is 390 g/mol. The van der Waals surface area contributed by atoms with Crippen LogP contribution in [0.1, 0.15) is 81.1 Å². The molecule has 3 N–H and O–H groups in total. The number of aliphatic hydroxyl groups is 1. The van der Waals surface area contributed by atoms with Crippen LogP contribution in [-0.4, -0.2) is 64.5 Å². The van der Waals surface area contributed by atoms with Crippen molar-refractivity contribution in [1.29, 1.82) is 0 Å². The van der Waals surface area contributed by atoms with Gasteiger partial charge in [-0.25, -0.2) is 0 Å².